The van der Waals surface area contributed by atoms with Gasteiger partial charge in [-0.3, -0.25) is 4.21 Å². The molecule has 6 rings (SSSR count). The Labute approximate surface area is 183 Å². The minimum atomic E-state index is -1.21. The van der Waals surface area contributed by atoms with Gasteiger partial charge in [-0.1, -0.05) is 11.6 Å². The minimum Gasteiger partial charge on any atom is -0.394 e. The van der Waals surface area contributed by atoms with Crippen molar-refractivity contribution in [2.75, 3.05) is 23.1 Å². The molecule has 0 amide bonds. The standard InChI is InChI=1S/C20H25ClN6O2S/c1-30(29)16-10-24-19(25-18(16)26-20(11-28)3-2-4-20)27-14-5-12(6-15(27)7-14)17-22-8-13(21)9-23-17/h8-10,12,14-15,28H,2-7,11H2,1H3,(H,24,25,26)/t12?,14?,15?,30-/m0/s1. The first-order valence-corrected chi connectivity index (χ1v) is 12.3. The first-order chi connectivity index (χ1) is 14.5. The van der Waals surface area contributed by atoms with E-state index in [0.29, 0.717) is 39.7 Å². The van der Waals surface area contributed by atoms with E-state index in [4.69, 9.17) is 16.6 Å². The molecule has 2 N–H and O–H groups in total. The number of hydrogen-bond acceptors (Lipinski definition) is 8. The highest BCUT2D eigenvalue weighted by molar-refractivity contribution is 7.84. The maximum atomic E-state index is 12.2. The van der Waals surface area contributed by atoms with Gasteiger partial charge in [0.25, 0.3) is 0 Å². The molecule has 0 radical (unpaired) electrons. The number of piperidine rings is 1. The molecule has 2 saturated carbocycles. The minimum absolute atomic E-state index is 0.0415. The zero-order valence-corrected chi connectivity index (χ0v) is 18.4. The van der Waals surface area contributed by atoms with Gasteiger partial charge in [0, 0.05) is 36.7 Å². The molecule has 0 spiro atoms. The largest absolute Gasteiger partial charge is 0.394 e. The van der Waals surface area contributed by atoms with Gasteiger partial charge in [0.05, 0.1) is 39.1 Å². The summed E-state index contributed by atoms with van der Waals surface area (Å²) in [6.45, 7) is 0.0415. The maximum Gasteiger partial charge on any atom is 0.227 e. The summed E-state index contributed by atoms with van der Waals surface area (Å²) in [6, 6.07) is 0.684. The second-order valence-corrected chi connectivity index (χ2v) is 10.4. The van der Waals surface area contributed by atoms with Crippen molar-refractivity contribution in [3.05, 3.63) is 29.4 Å². The van der Waals surface area contributed by atoms with Gasteiger partial charge in [-0.25, -0.2) is 15.0 Å². The molecule has 4 aliphatic rings. The Morgan fingerprint density at radius 2 is 1.90 bits per heavy atom. The van der Waals surface area contributed by atoms with Crippen molar-refractivity contribution in [2.24, 2.45) is 0 Å². The molecule has 2 aromatic heterocycles. The van der Waals surface area contributed by atoms with Crippen molar-refractivity contribution in [1.29, 1.82) is 0 Å². The second-order valence-electron chi connectivity index (χ2n) is 8.63. The Morgan fingerprint density at radius 3 is 2.47 bits per heavy atom. The smallest absolute Gasteiger partial charge is 0.227 e. The molecule has 2 unspecified atom stereocenters. The van der Waals surface area contributed by atoms with Gasteiger partial charge in [0.1, 0.15) is 11.6 Å². The first kappa shape index (κ1) is 20.1. The maximum absolute atomic E-state index is 12.2. The predicted molar refractivity (Wildman–Crippen MR) is 115 cm³/mol. The molecule has 0 aromatic carbocycles. The number of aromatic nitrogens is 4. The van der Waals surface area contributed by atoms with Crippen molar-refractivity contribution < 1.29 is 9.32 Å². The van der Waals surface area contributed by atoms with Crippen molar-refractivity contribution in [1.82, 2.24) is 19.9 Å². The van der Waals surface area contributed by atoms with Crippen LogP contribution in [0.2, 0.25) is 5.02 Å². The van der Waals surface area contributed by atoms with Crippen molar-refractivity contribution in [3.8, 4) is 0 Å². The summed E-state index contributed by atoms with van der Waals surface area (Å²) in [5, 5.41) is 13.8. The number of anilines is 2. The van der Waals surface area contributed by atoms with Gasteiger partial charge in [0.2, 0.25) is 5.95 Å². The summed E-state index contributed by atoms with van der Waals surface area (Å²) < 4.78 is 12.2. The van der Waals surface area contributed by atoms with Gasteiger partial charge >= 0.3 is 0 Å². The fourth-order valence-electron chi connectivity index (χ4n) is 4.91. The Morgan fingerprint density at radius 1 is 1.20 bits per heavy atom. The highest BCUT2D eigenvalue weighted by atomic mass is 35.5. The third-order valence-electron chi connectivity index (χ3n) is 6.73. The normalized spacial score (nSPS) is 27.7. The van der Waals surface area contributed by atoms with E-state index in [-0.39, 0.29) is 12.1 Å². The third kappa shape index (κ3) is 3.46. The molecule has 4 fully saturated rings. The van der Waals surface area contributed by atoms with E-state index < -0.39 is 10.8 Å². The number of aliphatic hydroxyl groups is 1. The highest BCUT2D eigenvalue weighted by Gasteiger charge is 2.48. The van der Waals surface area contributed by atoms with Gasteiger partial charge in [-0.2, -0.15) is 4.98 Å². The van der Waals surface area contributed by atoms with Crippen LogP contribution in [0.5, 0.6) is 0 Å². The molecule has 10 heteroatoms. The summed E-state index contributed by atoms with van der Waals surface area (Å²) in [5.41, 5.74) is -0.360. The van der Waals surface area contributed by atoms with Crippen LogP contribution < -0.4 is 10.2 Å². The fraction of sp³-hybridized carbons (Fsp3) is 0.600. The van der Waals surface area contributed by atoms with E-state index in [2.05, 4.69) is 25.2 Å². The van der Waals surface area contributed by atoms with Crippen LogP contribution in [0, 0.1) is 0 Å². The van der Waals surface area contributed by atoms with Crippen molar-refractivity contribution in [3.63, 3.8) is 0 Å². The van der Waals surface area contributed by atoms with Crippen LogP contribution in [-0.4, -0.2) is 59.7 Å². The molecular formula is C20H25ClN6O2S. The number of nitrogens with one attached hydrogen (secondary N) is 1. The van der Waals surface area contributed by atoms with Gasteiger partial charge in [-0.05, 0) is 38.5 Å². The number of aliphatic hydroxyl groups excluding tert-OH is 1. The van der Waals surface area contributed by atoms with Gasteiger partial charge in [0.15, 0.2) is 0 Å². The molecular weight excluding hydrogens is 424 g/mol. The van der Waals surface area contributed by atoms with E-state index in [1.165, 1.54) is 0 Å². The molecule has 8 nitrogen and oxygen atoms in total. The van der Waals surface area contributed by atoms with Crippen LogP contribution in [0.4, 0.5) is 11.8 Å². The Kier molecular flexibility index (Phi) is 5.15. The third-order valence-corrected chi connectivity index (χ3v) is 7.84. The number of rotatable bonds is 6. The number of hydrogen-bond donors (Lipinski definition) is 2. The molecule has 2 saturated heterocycles. The molecule has 4 heterocycles. The number of halogens is 1. The van der Waals surface area contributed by atoms with Crippen LogP contribution in [-0.2, 0) is 10.8 Å². The SMILES string of the molecule is C[S@](=O)c1cnc(N2C3CC(c4ncc(Cl)cn4)CC2C3)nc1NC1(CO)CCC1. The summed E-state index contributed by atoms with van der Waals surface area (Å²) in [4.78, 5) is 21.0. The lowest BCUT2D eigenvalue weighted by molar-refractivity contribution is 0.143. The van der Waals surface area contributed by atoms with Crippen LogP contribution in [0.25, 0.3) is 0 Å². The van der Waals surface area contributed by atoms with E-state index in [9.17, 15) is 9.32 Å². The number of fused-ring (bicyclic) bond motifs is 2. The molecule has 2 aliphatic carbocycles. The Balaban J connectivity index is 1.37. The zero-order chi connectivity index (χ0) is 20.9. The van der Waals surface area contributed by atoms with Crippen LogP contribution >= 0.6 is 11.6 Å². The lowest BCUT2D eigenvalue weighted by Crippen LogP contribution is -2.61. The van der Waals surface area contributed by atoms with E-state index in [1.807, 2.05) is 0 Å². The summed E-state index contributed by atoms with van der Waals surface area (Å²) >= 11 is 5.92. The lowest BCUT2D eigenvalue weighted by Gasteiger charge is -2.55. The van der Waals surface area contributed by atoms with Gasteiger partial charge < -0.3 is 15.3 Å². The lowest BCUT2D eigenvalue weighted by atomic mass is 9.73. The topological polar surface area (TPSA) is 104 Å². The second kappa shape index (κ2) is 7.69. The quantitative estimate of drug-likeness (QED) is 0.694. The van der Waals surface area contributed by atoms with Crippen LogP contribution in [0.3, 0.4) is 0 Å². The highest BCUT2D eigenvalue weighted by Crippen LogP contribution is 2.46. The summed E-state index contributed by atoms with van der Waals surface area (Å²) in [7, 11) is -1.21. The number of nitrogens with zero attached hydrogens (tertiary/aromatic N) is 5. The summed E-state index contributed by atoms with van der Waals surface area (Å²) in [5.74, 6) is 2.41. The summed E-state index contributed by atoms with van der Waals surface area (Å²) in [6.07, 6.45) is 12.5. The monoisotopic (exact) mass is 448 g/mol. The molecule has 2 aliphatic heterocycles. The van der Waals surface area contributed by atoms with Crippen LogP contribution in [0.1, 0.15) is 50.3 Å². The predicted octanol–water partition coefficient (Wildman–Crippen LogP) is 2.51. The van der Waals surface area contributed by atoms with Gasteiger partial charge in [-0.15, -0.1) is 0 Å². The van der Waals surface area contributed by atoms with Crippen LogP contribution in [0.15, 0.2) is 23.5 Å². The molecule has 2 bridgehead atoms. The molecule has 2 aromatic rings. The first-order valence-electron chi connectivity index (χ1n) is 10.3. The Bertz CT molecular complexity index is 953. The average Bonchev–Trinajstić information content (AvgIpc) is 2.71. The van der Waals surface area contributed by atoms with Crippen molar-refractivity contribution >= 4 is 34.2 Å². The fourth-order valence-corrected chi connectivity index (χ4v) is 5.58. The molecule has 160 valence electrons. The van der Waals surface area contributed by atoms with E-state index in [1.54, 1.807) is 24.8 Å². The van der Waals surface area contributed by atoms with E-state index in [0.717, 1.165) is 44.3 Å². The Hall–Kier alpha value is -1.84. The van der Waals surface area contributed by atoms with Crippen molar-refractivity contribution in [2.45, 2.75) is 67.0 Å². The average molecular weight is 449 g/mol. The zero-order valence-electron chi connectivity index (χ0n) is 16.8. The molecule has 30 heavy (non-hydrogen) atoms. The molecule has 3 atom stereocenters. The van der Waals surface area contributed by atoms with E-state index >= 15 is 0 Å².